The minimum atomic E-state index is 0.433. The number of thiocarbonyl (C=S) groups is 1. The lowest BCUT2D eigenvalue weighted by molar-refractivity contribution is 0.658. The number of fused-ring (bicyclic) bond motifs is 1. The van der Waals surface area contributed by atoms with Crippen molar-refractivity contribution in [3.8, 4) is 6.07 Å². The summed E-state index contributed by atoms with van der Waals surface area (Å²) < 4.78 is 0. The van der Waals surface area contributed by atoms with Gasteiger partial charge in [0.1, 0.15) is 0 Å². The van der Waals surface area contributed by atoms with Crippen molar-refractivity contribution < 1.29 is 0 Å². The van der Waals surface area contributed by atoms with Gasteiger partial charge in [-0.05, 0) is 60.8 Å². The highest BCUT2D eigenvalue weighted by molar-refractivity contribution is 7.80. The molecule has 0 aliphatic carbocycles. The summed E-state index contributed by atoms with van der Waals surface area (Å²) in [5.41, 5.74) is 4.80. The predicted octanol–water partition coefficient (Wildman–Crippen LogP) is 3.88. The molecule has 3 rings (SSSR count). The lowest BCUT2D eigenvalue weighted by Gasteiger charge is -2.31. The molecule has 0 saturated heterocycles. The molecule has 1 aliphatic rings. The van der Waals surface area contributed by atoms with Crippen LogP contribution in [0.3, 0.4) is 0 Å². The third-order valence-corrected chi connectivity index (χ3v) is 4.84. The van der Waals surface area contributed by atoms with Gasteiger partial charge >= 0.3 is 0 Å². The highest BCUT2D eigenvalue weighted by Gasteiger charge is 2.15. The number of hydrogen-bond donors (Lipinski definition) is 2. The fourth-order valence-corrected chi connectivity index (χ4v) is 3.51. The van der Waals surface area contributed by atoms with Crippen LogP contribution in [0.2, 0.25) is 0 Å². The molecular formula is C21H24N4S. The van der Waals surface area contributed by atoms with E-state index in [1.165, 1.54) is 24.1 Å². The Balaban J connectivity index is 1.40. The summed E-state index contributed by atoms with van der Waals surface area (Å²) in [6, 6.07) is 18.7. The van der Waals surface area contributed by atoms with E-state index < -0.39 is 0 Å². The summed E-state index contributed by atoms with van der Waals surface area (Å²) in [5.74, 6) is 0. The number of aryl methyl sites for hydroxylation is 1. The van der Waals surface area contributed by atoms with E-state index >= 15 is 0 Å². The Kier molecular flexibility index (Phi) is 6.45. The quantitative estimate of drug-likeness (QED) is 0.602. The first-order valence-electron chi connectivity index (χ1n) is 9.10. The summed E-state index contributed by atoms with van der Waals surface area (Å²) in [4.78, 5) is 2.48. The molecule has 2 aromatic carbocycles. The third-order valence-electron chi connectivity index (χ3n) is 4.59. The Labute approximate surface area is 160 Å². The van der Waals surface area contributed by atoms with Crippen molar-refractivity contribution in [3.05, 3.63) is 59.7 Å². The third kappa shape index (κ3) is 4.96. The SMILES string of the molecule is N#CCc1ccc(NC(=S)NCCCN2CCCc3ccccc32)cc1. The standard InChI is InChI=1S/C21H24N4S/c22-13-12-17-8-10-19(11-9-17)24-21(26)23-14-4-16-25-15-3-6-18-5-1-2-7-20(18)25/h1-2,5,7-11H,3-4,6,12,14-16H2,(H2,23,24,26). The fraction of sp³-hybridized carbons (Fsp3) is 0.333. The molecule has 2 N–H and O–H groups in total. The van der Waals surface area contributed by atoms with Crippen LogP contribution in [0.1, 0.15) is 24.0 Å². The number of anilines is 2. The number of nitrogens with one attached hydrogen (secondary N) is 2. The maximum atomic E-state index is 8.70. The van der Waals surface area contributed by atoms with Crippen molar-refractivity contribution in [2.75, 3.05) is 29.9 Å². The van der Waals surface area contributed by atoms with Crippen molar-refractivity contribution >= 4 is 28.7 Å². The van der Waals surface area contributed by atoms with Crippen LogP contribution in [0.25, 0.3) is 0 Å². The van der Waals surface area contributed by atoms with Gasteiger partial charge in [0.15, 0.2) is 5.11 Å². The van der Waals surface area contributed by atoms with E-state index in [1.54, 1.807) is 0 Å². The summed E-state index contributed by atoms with van der Waals surface area (Å²) in [6.45, 7) is 3.02. The van der Waals surface area contributed by atoms with Gasteiger partial charge in [0.05, 0.1) is 12.5 Å². The van der Waals surface area contributed by atoms with E-state index in [9.17, 15) is 0 Å². The summed E-state index contributed by atoms with van der Waals surface area (Å²) in [7, 11) is 0. The molecule has 0 unspecified atom stereocenters. The molecule has 0 radical (unpaired) electrons. The van der Waals surface area contributed by atoms with E-state index in [4.69, 9.17) is 17.5 Å². The topological polar surface area (TPSA) is 51.1 Å². The largest absolute Gasteiger partial charge is 0.371 e. The molecule has 0 atom stereocenters. The number of hydrogen-bond acceptors (Lipinski definition) is 3. The summed E-state index contributed by atoms with van der Waals surface area (Å²) >= 11 is 5.36. The first-order chi connectivity index (χ1) is 12.8. The van der Waals surface area contributed by atoms with E-state index in [1.807, 2.05) is 24.3 Å². The second-order valence-corrected chi connectivity index (χ2v) is 6.89. The van der Waals surface area contributed by atoms with Gasteiger partial charge in [-0.1, -0.05) is 30.3 Å². The Bertz CT molecular complexity index is 779. The van der Waals surface area contributed by atoms with Crippen LogP contribution in [0.15, 0.2) is 48.5 Å². The van der Waals surface area contributed by atoms with Gasteiger partial charge < -0.3 is 15.5 Å². The Morgan fingerprint density at radius 1 is 1.15 bits per heavy atom. The van der Waals surface area contributed by atoms with Crippen LogP contribution < -0.4 is 15.5 Å². The highest BCUT2D eigenvalue weighted by Crippen LogP contribution is 2.26. The van der Waals surface area contributed by atoms with Gasteiger partial charge in [0.25, 0.3) is 0 Å². The Hall–Kier alpha value is -2.58. The molecule has 1 aliphatic heterocycles. The van der Waals surface area contributed by atoms with Crippen LogP contribution in [-0.2, 0) is 12.8 Å². The lowest BCUT2D eigenvalue weighted by atomic mass is 10.0. The second-order valence-electron chi connectivity index (χ2n) is 6.49. The maximum absolute atomic E-state index is 8.70. The van der Waals surface area contributed by atoms with Gasteiger partial charge in [-0.3, -0.25) is 0 Å². The van der Waals surface area contributed by atoms with Crippen molar-refractivity contribution in [1.29, 1.82) is 5.26 Å². The fourth-order valence-electron chi connectivity index (χ4n) is 3.29. The van der Waals surface area contributed by atoms with E-state index in [0.717, 1.165) is 37.3 Å². The molecule has 5 heteroatoms. The maximum Gasteiger partial charge on any atom is 0.170 e. The van der Waals surface area contributed by atoms with Crippen molar-refractivity contribution in [3.63, 3.8) is 0 Å². The predicted molar refractivity (Wildman–Crippen MR) is 112 cm³/mol. The van der Waals surface area contributed by atoms with Gasteiger partial charge in [-0.25, -0.2) is 0 Å². The molecule has 0 aromatic heterocycles. The molecule has 0 spiro atoms. The second kappa shape index (κ2) is 9.21. The van der Waals surface area contributed by atoms with Gasteiger partial charge in [-0.15, -0.1) is 0 Å². The molecule has 1 heterocycles. The zero-order valence-corrected chi connectivity index (χ0v) is 15.7. The smallest absolute Gasteiger partial charge is 0.170 e. The van der Waals surface area contributed by atoms with Gasteiger partial charge in [-0.2, -0.15) is 5.26 Å². The number of nitrogens with zero attached hydrogens (tertiary/aromatic N) is 2. The molecule has 4 nitrogen and oxygen atoms in total. The molecule has 0 fully saturated rings. The Morgan fingerprint density at radius 2 is 1.96 bits per heavy atom. The molecular weight excluding hydrogens is 340 g/mol. The van der Waals surface area contributed by atoms with Gasteiger partial charge in [0, 0.05) is 31.0 Å². The number of rotatable bonds is 6. The first-order valence-corrected chi connectivity index (χ1v) is 9.50. The zero-order valence-electron chi connectivity index (χ0n) is 14.9. The van der Waals surface area contributed by atoms with Crippen molar-refractivity contribution in [2.24, 2.45) is 0 Å². The number of nitriles is 1. The van der Waals surface area contributed by atoms with Gasteiger partial charge in [0.2, 0.25) is 0 Å². The number of benzene rings is 2. The van der Waals surface area contributed by atoms with Crippen LogP contribution in [0, 0.1) is 11.3 Å². The normalized spacial score (nSPS) is 12.8. The monoisotopic (exact) mass is 364 g/mol. The average molecular weight is 365 g/mol. The van der Waals surface area contributed by atoms with Crippen LogP contribution in [-0.4, -0.2) is 24.7 Å². The molecule has 26 heavy (non-hydrogen) atoms. The number of para-hydroxylation sites is 1. The van der Waals surface area contributed by atoms with Crippen LogP contribution in [0.5, 0.6) is 0 Å². The van der Waals surface area contributed by atoms with E-state index in [-0.39, 0.29) is 0 Å². The molecule has 2 aromatic rings. The lowest BCUT2D eigenvalue weighted by Crippen LogP contribution is -2.34. The van der Waals surface area contributed by atoms with Crippen molar-refractivity contribution in [2.45, 2.75) is 25.7 Å². The molecule has 0 saturated carbocycles. The van der Waals surface area contributed by atoms with E-state index in [0.29, 0.717) is 11.5 Å². The average Bonchev–Trinajstić information content (AvgIpc) is 2.67. The molecule has 0 bridgehead atoms. The summed E-state index contributed by atoms with van der Waals surface area (Å²) in [5, 5.41) is 15.8. The van der Waals surface area contributed by atoms with Crippen LogP contribution >= 0.6 is 12.2 Å². The molecule has 0 amide bonds. The van der Waals surface area contributed by atoms with Crippen molar-refractivity contribution in [1.82, 2.24) is 5.32 Å². The zero-order chi connectivity index (χ0) is 18.2. The minimum absolute atomic E-state index is 0.433. The first kappa shape index (κ1) is 18.2. The Morgan fingerprint density at radius 3 is 2.77 bits per heavy atom. The van der Waals surface area contributed by atoms with E-state index in [2.05, 4.69) is 45.9 Å². The highest BCUT2D eigenvalue weighted by atomic mass is 32.1. The molecule has 134 valence electrons. The van der Waals surface area contributed by atoms with Crippen LogP contribution in [0.4, 0.5) is 11.4 Å². The minimum Gasteiger partial charge on any atom is -0.371 e. The summed E-state index contributed by atoms with van der Waals surface area (Å²) in [6.07, 6.45) is 3.89.